The molecule has 0 aromatic rings. The van der Waals surface area contributed by atoms with Crippen molar-refractivity contribution in [1.29, 1.82) is 0 Å². The molecule has 1 amide bonds. The van der Waals surface area contributed by atoms with Crippen molar-refractivity contribution in [2.75, 3.05) is 7.05 Å². The van der Waals surface area contributed by atoms with E-state index in [1.165, 1.54) is 0 Å². The largest absolute Gasteiger partial charge is 0.360 e. The van der Waals surface area contributed by atoms with Crippen molar-refractivity contribution in [3.05, 3.63) is 0 Å². The highest BCUT2D eigenvalue weighted by molar-refractivity contribution is 7.77. The quantitative estimate of drug-likeness (QED) is 0.532. The first-order valence-corrected chi connectivity index (χ1v) is 7.32. The van der Waals surface area contributed by atoms with Gasteiger partial charge in [-0.05, 0) is 50.4 Å². The van der Waals surface area contributed by atoms with Crippen LogP contribution in [0.1, 0.15) is 51.4 Å². The normalized spacial score (nSPS) is 32.9. The summed E-state index contributed by atoms with van der Waals surface area (Å²) in [6.45, 7) is 0. The molecule has 0 heterocycles. The third kappa shape index (κ3) is 2.89. The van der Waals surface area contributed by atoms with E-state index in [9.17, 15) is 9.59 Å². The average molecular weight is 286 g/mol. The summed E-state index contributed by atoms with van der Waals surface area (Å²) in [5, 5.41) is 2.80. The van der Waals surface area contributed by atoms with Gasteiger partial charge in [0.25, 0.3) is 0 Å². The van der Waals surface area contributed by atoms with Crippen molar-refractivity contribution in [2.24, 2.45) is 10.8 Å². The van der Waals surface area contributed by atoms with Crippen molar-refractivity contribution in [3.63, 3.8) is 0 Å². The van der Waals surface area contributed by atoms with E-state index in [4.69, 9.17) is 0 Å². The second-order valence-electron chi connectivity index (χ2n) is 5.92. The molecule has 108 valence electrons. The Labute approximate surface area is 119 Å². The molecule has 0 atom stereocenters. The topological polar surface area (TPSA) is 67.4 Å². The predicted molar refractivity (Wildman–Crippen MR) is 74.1 cm³/mol. The Morgan fingerprint density at radius 2 is 1.74 bits per heavy atom. The lowest BCUT2D eigenvalue weighted by atomic mass is 9.52. The van der Waals surface area contributed by atoms with E-state index in [0.717, 1.165) is 44.9 Å². The molecular formula is C13H22N2O3S. The first kappa shape index (κ1) is 14.7. The summed E-state index contributed by atoms with van der Waals surface area (Å²) < 4.78 is 0. The fourth-order valence-corrected chi connectivity index (χ4v) is 3.82. The van der Waals surface area contributed by atoms with Gasteiger partial charge in [0.1, 0.15) is 0 Å². The Bertz CT molecular complexity index is 348. The van der Waals surface area contributed by atoms with Crippen molar-refractivity contribution in [3.8, 4) is 0 Å². The van der Waals surface area contributed by atoms with Gasteiger partial charge in [-0.1, -0.05) is 17.7 Å². The van der Waals surface area contributed by atoms with Crippen LogP contribution in [0.25, 0.3) is 0 Å². The molecule has 5 nitrogen and oxygen atoms in total. The monoisotopic (exact) mass is 286 g/mol. The molecule has 0 aromatic carbocycles. The van der Waals surface area contributed by atoms with Crippen molar-refractivity contribution < 1.29 is 14.4 Å². The van der Waals surface area contributed by atoms with Crippen LogP contribution >= 0.6 is 12.8 Å². The molecule has 0 aliphatic heterocycles. The lowest BCUT2D eigenvalue weighted by molar-refractivity contribution is -0.149. The van der Waals surface area contributed by atoms with E-state index in [2.05, 4.69) is 27.9 Å². The SMILES string of the molecule is CNC(=O)C12CCC(CCC(=O)ONS)(CC1)CC2. The van der Waals surface area contributed by atoms with E-state index < -0.39 is 0 Å². The Hall–Kier alpha value is -0.750. The first-order chi connectivity index (χ1) is 9.06. The van der Waals surface area contributed by atoms with E-state index in [1.807, 2.05) is 0 Å². The van der Waals surface area contributed by atoms with Gasteiger partial charge >= 0.3 is 5.97 Å². The minimum atomic E-state index is -0.266. The number of carbonyl (C=O) groups excluding carboxylic acids is 2. The number of nitrogens with one attached hydrogen (secondary N) is 2. The summed E-state index contributed by atoms with van der Waals surface area (Å²) >= 11 is 3.64. The van der Waals surface area contributed by atoms with E-state index in [0.29, 0.717) is 6.42 Å². The van der Waals surface area contributed by atoms with Crippen LogP contribution < -0.4 is 10.2 Å². The average Bonchev–Trinajstić information content (AvgIpc) is 2.47. The van der Waals surface area contributed by atoms with Gasteiger partial charge in [0.05, 0.1) is 0 Å². The fourth-order valence-electron chi connectivity index (χ4n) is 3.71. The van der Waals surface area contributed by atoms with Crippen molar-refractivity contribution in [2.45, 2.75) is 51.4 Å². The van der Waals surface area contributed by atoms with Crippen molar-refractivity contribution >= 4 is 24.7 Å². The maximum atomic E-state index is 12.0. The van der Waals surface area contributed by atoms with Gasteiger partial charge in [-0.2, -0.15) is 0 Å². The molecule has 0 saturated heterocycles. The molecule has 0 radical (unpaired) electrons. The lowest BCUT2D eigenvalue weighted by Crippen LogP contribution is -2.49. The maximum Gasteiger partial charge on any atom is 0.325 e. The second kappa shape index (κ2) is 5.71. The minimum Gasteiger partial charge on any atom is -0.360 e. The highest BCUT2D eigenvalue weighted by Crippen LogP contribution is 2.58. The van der Waals surface area contributed by atoms with Gasteiger partial charge in [-0.25, -0.2) is 0 Å². The number of fused-ring (bicyclic) bond motifs is 3. The van der Waals surface area contributed by atoms with Crippen LogP contribution in [-0.2, 0) is 14.4 Å². The molecule has 3 fully saturated rings. The fraction of sp³-hybridized carbons (Fsp3) is 0.846. The molecule has 6 heteroatoms. The Balaban J connectivity index is 1.90. The Kier molecular flexibility index (Phi) is 4.40. The van der Waals surface area contributed by atoms with Gasteiger partial charge in [-0.15, -0.1) is 0 Å². The minimum absolute atomic E-state index is 0.135. The molecule has 2 bridgehead atoms. The van der Waals surface area contributed by atoms with Crippen LogP contribution in [0.2, 0.25) is 0 Å². The summed E-state index contributed by atoms with van der Waals surface area (Å²) in [5.74, 6) is -0.0717. The van der Waals surface area contributed by atoms with Crippen LogP contribution in [0.4, 0.5) is 0 Å². The zero-order valence-electron chi connectivity index (χ0n) is 11.3. The molecule has 3 rings (SSSR count). The molecule has 0 spiro atoms. The standard InChI is InChI=1S/C13H22N2O3S/c1-14-11(17)13-7-4-12(5-8-13,6-9-13)3-2-10(16)18-15-19/h15,19H,2-9H2,1H3,(H,14,17). The summed E-state index contributed by atoms with van der Waals surface area (Å²) in [5.41, 5.74) is 0.106. The zero-order chi connectivity index (χ0) is 13.9. The molecule has 3 aliphatic carbocycles. The Morgan fingerprint density at radius 3 is 2.21 bits per heavy atom. The smallest absolute Gasteiger partial charge is 0.325 e. The summed E-state index contributed by atoms with van der Waals surface area (Å²) in [7, 11) is 1.72. The van der Waals surface area contributed by atoms with Crippen LogP contribution in [0.15, 0.2) is 0 Å². The van der Waals surface area contributed by atoms with Crippen LogP contribution in [0.5, 0.6) is 0 Å². The van der Waals surface area contributed by atoms with Gasteiger partial charge in [0, 0.05) is 18.9 Å². The van der Waals surface area contributed by atoms with Gasteiger partial charge in [-0.3, -0.25) is 9.59 Å². The zero-order valence-corrected chi connectivity index (χ0v) is 12.2. The van der Waals surface area contributed by atoms with E-state index in [-0.39, 0.29) is 22.7 Å². The molecular weight excluding hydrogens is 264 g/mol. The molecule has 2 N–H and O–H groups in total. The number of carbonyl (C=O) groups is 2. The van der Waals surface area contributed by atoms with E-state index in [1.54, 1.807) is 7.05 Å². The number of amides is 1. The molecule has 3 saturated carbocycles. The van der Waals surface area contributed by atoms with Gasteiger partial charge in [0.2, 0.25) is 5.91 Å². The highest BCUT2D eigenvalue weighted by Gasteiger charge is 2.51. The first-order valence-electron chi connectivity index (χ1n) is 6.87. The second-order valence-corrected chi connectivity index (χ2v) is 6.11. The third-order valence-corrected chi connectivity index (χ3v) is 5.22. The third-order valence-electron chi connectivity index (χ3n) is 5.13. The molecule has 3 aliphatic rings. The number of hydrogen-bond acceptors (Lipinski definition) is 5. The number of thiol groups is 1. The van der Waals surface area contributed by atoms with E-state index >= 15 is 0 Å². The summed E-state index contributed by atoms with van der Waals surface area (Å²) in [6.07, 6.45) is 7.25. The van der Waals surface area contributed by atoms with Crippen LogP contribution in [-0.4, -0.2) is 18.9 Å². The molecule has 0 unspecified atom stereocenters. The molecule has 19 heavy (non-hydrogen) atoms. The highest BCUT2D eigenvalue weighted by atomic mass is 32.1. The van der Waals surface area contributed by atoms with Crippen molar-refractivity contribution in [1.82, 2.24) is 10.2 Å². The Morgan fingerprint density at radius 1 is 1.16 bits per heavy atom. The number of rotatable bonds is 5. The summed E-state index contributed by atoms with van der Waals surface area (Å²) in [6, 6.07) is 0. The molecule has 0 aromatic heterocycles. The maximum absolute atomic E-state index is 12.0. The van der Waals surface area contributed by atoms with Crippen LogP contribution in [0, 0.1) is 10.8 Å². The number of hydrogen-bond donors (Lipinski definition) is 3. The van der Waals surface area contributed by atoms with Crippen LogP contribution in [0.3, 0.4) is 0 Å². The predicted octanol–water partition coefficient (Wildman–Crippen LogP) is 1.75. The lowest BCUT2D eigenvalue weighted by Gasteiger charge is -2.52. The summed E-state index contributed by atoms with van der Waals surface area (Å²) in [4.78, 5) is 30.1. The van der Waals surface area contributed by atoms with Gasteiger partial charge in [0.15, 0.2) is 0 Å². The van der Waals surface area contributed by atoms with Gasteiger partial charge < -0.3 is 10.2 Å².